The summed E-state index contributed by atoms with van der Waals surface area (Å²) in [5.41, 5.74) is 1.91. The maximum atomic E-state index is 11.9. The van der Waals surface area contributed by atoms with Crippen LogP contribution in [0.4, 0.5) is 0 Å². The van der Waals surface area contributed by atoms with E-state index in [2.05, 4.69) is 17.6 Å². The first-order valence-corrected chi connectivity index (χ1v) is 7.73. The average Bonchev–Trinajstić information content (AvgIpc) is 2.44. The van der Waals surface area contributed by atoms with Gasteiger partial charge in [-0.05, 0) is 37.8 Å². The van der Waals surface area contributed by atoms with Crippen LogP contribution in [0.1, 0.15) is 48.5 Å². The van der Waals surface area contributed by atoms with Gasteiger partial charge in [0.15, 0.2) is 0 Å². The summed E-state index contributed by atoms with van der Waals surface area (Å²) >= 11 is 0. The van der Waals surface area contributed by atoms with Gasteiger partial charge in [-0.15, -0.1) is 0 Å². The molecule has 1 amide bonds. The molecule has 0 saturated heterocycles. The Labute approximate surface area is 122 Å². The van der Waals surface area contributed by atoms with E-state index in [4.69, 9.17) is 0 Å². The Morgan fingerprint density at radius 1 is 1.20 bits per heavy atom. The van der Waals surface area contributed by atoms with Gasteiger partial charge >= 0.3 is 0 Å². The summed E-state index contributed by atoms with van der Waals surface area (Å²) in [5.74, 6) is 0.854. The molecule has 3 nitrogen and oxygen atoms in total. The molecule has 0 aliphatic heterocycles. The molecular formula is C17H26N2O. The summed E-state index contributed by atoms with van der Waals surface area (Å²) in [7, 11) is 0. The summed E-state index contributed by atoms with van der Waals surface area (Å²) in [6, 6.07) is 8.32. The highest BCUT2D eigenvalue weighted by Crippen LogP contribution is 2.23. The first-order chi connectivity index (χ1) is 9.65. The molecule has 0 radical (unpaired) electrons. The summed E-state index contributed by atoms with van der Waals surface area (Å²) in [4.78, 5) is 11.9. The van der Waals surface area contributed by atoms with E-state index in [9.17, 15) is 4.79 Å². The van der Waals surface area contributed by atoms with Crippen molar-refractivity contribution in [3.05, 3.63) is 35.4 Å². The van der Waals surface area contributed by atoms with Crippen LogP contribution in [0.15, 0.2) is 24.3 Å². The van der Waals surface area contributed by atoms with Crippen molar-refractivity contribution in [2.45, 2.75) is 45.6 Å². The molecule has 110 valence electrons. The number of carbonyl (C=O) groups is 1. The van der Waals surface area contributed by atoms with Gasteiger partial charge in [0, 0.05) is 24.7 Å². The fourth-order valence-electron chi connectivity index (χ4n) is 2.88. The molecular weight excluding hydrogens is 248 g/mol. The normalized spacial score (nSPS) is 22.5. The van der Waals surface area contributed by atoms with Crippen LogP contribution in [0.3, 0.4) is 0 Å². The van der Waals surface area contributed by atoms with Gasteiger partial charge in [0.05, 0.1) is 0 Å². The standard InChI is InChI=1S/C17H26N2O/c1-13-6-8-15(9-7-13)17(20)19-11-10-18-16-5-3-4-14(2)12-16/h6-9,14,16,18H,3-5,10-12H2,1-2H3,(H,19,20). The molecule has 1 aromatic carbocycles. The van der Waals surface area contributed by atoms with Gasteiger partial charge in [0.1, 0.15) is 0 Å². The third-order valence-corrected chi connectivity index (χ3v) is 4.09. The highest BCUT2D eigenvalue weighted by Gasteiger charge is 2.17. The molecule has 2 rings (SSSR count). The van der Waals surface area contributed by atoms with Crippen LogP contribution in [0, 0.1) is 12.8 Å². The number of hydrogen-bond donors (Lipinski definition) is 2. The Morgan fingerprint density at radius 2 is 1.95 bits per heavy atom. The van der Waals surface area contributed by atoms with E-state index in [1.54, 1.807) is 0 Å². The number of nitrogens with one attached hydrogen (secondary N) is 2. The monoisotopic (exact) mass is 274 g/mol. The predicted octanol–water partition coefficient (Wildman–Crippen LogP) is 2.89. The van der Waals surface area contributed by atoms with Gasteiger partial charge in [-0.3, -0.25) is 4.79 Å². The lowest BCUT2D eigenvalue weighted by Crippen LogP contribution is -2.39. The quantitative estimate of drug-likeness (QED) is 0.811. The summed E-state index contributed by atoms with van der Waals surface area (Å²) in [6.45, 7) is 5.90. The lowest BCUT2D eigenvalue weighted by atomic mass is 9.87. The fraction of sp³-hybridized carbons (Fsp3) is 0.588. The van der Waals surface area contributed by atoms with Gasteiger partial charge in [-0.2, -0.15) is 0 Å². The number of carbonyl (C=O) groups excluding carboxylic acids is 1. The minimum Gasteiger partial charge on any atom is -0.351 e. The SMILES string of the molecule is Cc1ccc(C(=O)NCCNC2CCCC(C)C2)cc1. The van der Waals surface area contributed by atoms with Crippen molar-refractivity contribution < 1.29 is 4.79 Å². The van der Waals surface area contributed by atoms with Gasteiger partial charge in [0.2, 0.25) is 0 Å². The number of rotatable bonds is 5. The van der Waals surface area contributed by atoms with Gasteiger partial charge in [-0.1, -0.05) is 37.5 Å². The van der Waals surface area contributed by atoms with Crippen LogP contribution in [-0.2, 0) is 0 Å². The second-order valence-corrected chi connectivity index (χ2v) is 6.04. The van der Waals surface area contributed by atoms with Gasteiger partial charge < -0.3 is 10.6 Å². The van der Waals surface area contributed by atoms with Crippen LogP contribution < -0.4 is 10.6 Å². The lowest BCUT2D eigenvalue weighted by Gasteiger charge is -2.27. The molecule has 2 atom stereocenters. The molecule has 2 unspecified atom stereocenters. The molecule has 0 aromatic heterocycles. The van der Waals surface area contributed by atoms with E-state index in [0.29, 0.717) is 12.6 Å². The maximum Gasteiger partial charge on any atom is 0.251 e. The van der Waals surface area contributed by atoms with Crippen molar-refractivity contribution in [1.82, 2.24) is 10.6 Å². The van der Waals surface area contributed by atoms with Crippen LogP contribution >= 0.6 is 0 Å². The van der Waals surface area contributed by atoms with Gasteiger partial charge in [0.25, 0.3) is 5.91 Å². The zero-order valence-corrected chi connectivity index (χ0v) is 12.6. The molecule has 0 heterocycles. The third kappa shape index (κ3) is 4.64. The molecule has 1 aromatic rings. The van der Waals surface area contributed by atoms with E-state index >= 15 is 0 Å². The Hall–Kier alpha value is -1.35. The molecule has 1 aliphatic rings. The highest BCUT2D eigenvalue weighted by molar-refractivity contribution is 5.94. The number of benzene rings is 1. The summed E-state index contributed by atoms with van der Waals surface area (Å²) in [6.07, 6.45) is 5.24. The van der Waals surface area contributed by atoms with Gasteiger partial charge in [-0.25, -0.2) is 0 Å². The number of amides is 1. The molecule has 2 N–H and O–H groups in total. The van der Waals surface area contributed by atoms with Crippen molar-refractivity contribution in [3.63, 3.8) is 0 Å². The molecule has 1 fully saturated rings. The van der Waals surface area contributed by atoms with E-state index in [-0.39, 0.29) is 5.91 Å². The van der Waals surface area contributed by atoms with Crippen LogP contribution in [-0.4, -0.2) is 25.0 Å². The van der Waals surface area contributed by atoms with E-state index in [1.165, 1.54) is 31.2 Å². The molecule has 0 spiro atoms. The van der Waals surface area contributed by atoms with E-state index in [0.717, 1.165) is 18.0 Å². The minimum atomic E-state index is 0.0174. The van der Waals surface area contributed by atoms with E-state index in [1.807, 2.05) is 31.2 Å². The van der Waals surface area contributed by atoms with Crippen molar-refractivity contribution in [2.24, 2.45) is 5.92 Å². The average molecular weight is 274 g/mol. The zero-order valence-electron chi connectivity index (χ0n) is 12.6. The van der Waals surface area contributed by atoms with Crippen molar-refractivity contribution in [2.75, 3.05) is 13.1 Å². The Balaban J connectivity index is 1.65. The van der Waals surface area contributed by atoms with Crippen LogP contribution in [0.25, 0.3) is 0 Å². The Kier molecular flexibility index (Phi) is 5.60. The second kappa shape index (κ2) is 7.44. The minimum absolute atomic E-state index is 0.0174. The Bertz CT molecular complexity index is 427. The summed E-state index contributed by atoms with van der Waals surface area (Å²) in [5, 5.41) is 6.52. The smallest absolute Gasteiger partial charge is 0.251 e. The van der Waals surface area contributed by atoms with Crippen molar-refractivity contribution in [3.8, 4) is 0 Å². The maximum absolute atomic E-state index is 11.9. The van der Waals surface area contributed by atoms with Crippen molar-refractivity contribution >= 4 is 5.91 Å². The lowest BCUT2D eigenvalue weighted by molar-refractivity contribution is 0.0953. The first kappa shape index (κ1) is 15.0. The third-order valence-electron chi connectivity index (χ3n) is 4.09. The number of aryl methyl sites for hydroxylation is 1. The Morgan fingerprint density at radius 3 is 2.65 bits per heavy atom. The van der Waals surface area contributed by atoms with E-state index < -0.39 is 0 Å². The molecule has 20 heavy (non-hydrogen) atoms. The highest BCUT2D eigenvalue weighted by atomic mass is 16.1. The molecule has 0 bridgehead atoms. The second-order valence-electron chi connectivity index (χ2n) is 6.04. The van der Waals surface area contributed by atoms with Crippen LogP contribution in [0.2, 0.25) is 0 Å². The largest absolute Gasteiger partial charge is 0.351 e. The molecule has 3 heteroatoms. The number of hydrogen-bond acceptors (Lipinski definition) is 2. The topological polar surface area (TPSA) is 41.1 Å². The molecule has 1 saturated carbocycles. The zero-order chi connectivity index (χ0) is 14.4. The van der Waals surface area contributed by atoms with Crippen LogP contribution in [0.5, 0.6) is 0 Å². The van der Waals surface area contributed by atoms with Crippen molar-refractivity contribution in [1.29, 1.82) is 0 Å². The first-order valence-electron chi connectivity index (χ1n) is 7.73. The fourth-order valence-corrected chi connectivity index (χ4v) is 2.88. The summed E-state index contributed by atoms with van der Waals surface area (Å²) < 4.78 is 0. The molecule has 1 aliphatic carbocycles. The predicted molar refractivity (Wildman–Crippen MR) is 82.9 cm³/mol.